The topological polar surface area (TPSA) is 63.0 Å². The summed E-state index contributed by atoms with van der Waals surface area (Å²) in [4.78, 5) is 0. The van der Waals surface area contributed by atoms with Gasteiger partial charge in [0, 0.05) is 25.7 Å². The van der Waals surface area contributed by atoms with Crippen molar-refractivity contribution >= 4 is 0 Å². The monoisotopic (exact) mass is 354 g/mol. The Morgan fingerprint density at radius 2 is 2.12 bits per heavy atom. The lowest BCUT2D eigenvalue weighted by Crippen LogP contribution is -2.49. The van der Waals surface area contributed by atoms with E-state index in [2.05, 4.69) is 15.6 Å². The first-order chi connectivity index (χ1) is 11.6. The van der Waals surface area contributed by atoms with Crippen LogP contribution >= 0.6 is 0 Å². The zero-order valence-corrected chi connectivity index (χ0v) is 14.1. The molecule has 0 unspecified atom stereocenters. The Labute approximate surface area is 143 Å². The molecule has 2 N–H and O–H groups in total. The van der Waals surface area contributed by atoms with Crippen LogP contribution in [-0.2, 0) is 19.6 Å². The highest BCUT2D eigenvalue weighted by molar-refractivity contribution is 5.27. The van der Waals surface area contributed by atoms with Gasteiger partial charge in [0.15, 0.2) is 0 Å². The summed E-state index contributed by atoms with van der Waals surface area (Å²) in [6.45, 7) is 1.94. The minimum atomic E-state index is -4.39. The molecule has 25 heavy (non-hydrogen) atoms. The Morgan fingerprint density at radius 1 is 1.36 bits per heavy atom. The van der Waals surface area contributed by atoms with Crippen LogP contribution in [-0.4, -0.2) is 31.7 Å². The lowest BCUT2D eigenvalue weighted by Gasteiger charge is -2.40. The van der Waals surface area contributed by atoms with Crippen molar-refractivity contribution in [2.75, 3.05) is 0 Å². The van der Waals surface area contributed by atoms with Crippen molar-refractivity contribution in [1.29, 1.82) is 0 Å². The molecule has 2 aromatic rings. The Balaban J connectivity index is 1.80. The first-order valence-electron chi connectivity index (χ1n) is 8.15. The third-order valence-electron chi connectivity index (χ3n) is 4.52. The number of hydrogen-bond acceptors (Lipinski definition) is 4. The maximum atomic E-state index is 12.9. The van der Waals surface area contributed by atoms with E-state index in [1.165, 1.54) is 6.07 Å². The second-order valence-corrected chi connectivity index (χ2v) is 6.94. The summed E-state index contributed by atoms with van der Waals surface area (Å²) in [5.74, 6) is 0. The molecular weight excluding hydrogens is 333 g/mol. The molecule has 2 heterocycles. The van der Waals surface area contributed by atoms with E-state index < -0.39 is 17.3 Å². The molecule has 1 aliphatic heterocycles. The Kier molecular flexibility index (Phi) is 4.59. The van der Waals surface area contributed by atoms with Crippen LogP contribution < -0.4 is 5.32 Å². The van der Waals surface area contributed by atoms with Crippen molar-refractivity contribution in [3.8, 4) is 0 Å². The summed E-state index contributed by atoms with van der Waals surface area (Å²) >= 11 is 0. The molecule has 136 valence electrons. The first kappa shape index (κ1) is 17.9. The number of aryl methyl sites for hydroxylation is 1. The van der Waals surface area contributed by atoms with Crippen molar-refractivity contribution < 1.29 is 18.3 Å². The highest BCUT2D eigenvalue weighted by Gasteiger charge is 2.39. The molecular formula is C17H21F3N4O. The summed E-state index contributed by atoms with van der Waals surface area (Å²) in [5, 5.41) is 22.4. The normalized spacial score (nSPS) is 27.4. The van der Waals surface area contributed by atoms with Crippen LogP contribution in [0.25, 0.3) is 0 Å². The summed E-state index contributed by atoms with van der Waals surface area (Å²) in [7, 11) is 1.76. The van der Waals surface area contributed by atoms with E-state index in [9.17, 15) is 18.3 Å². The summed E-state index contributed by atoms with van der Waals surface area (Å²) in [6, 6.07) is 4.98. The molecule has 3 rings (SSSR count). The second-order valence-electron chi connectivity index (χ2n) is 6.94. The molecule has 1 aliphatic rings. The summed E-state index contributed by atoms with van der Waals surface area (Å²) in [6.07, 6.45) is -1.62. The Bertz CT molecular complexity index is 745. The van der Waals surface area contributed by atoms with E-state index in [1.54, 1.807) is 24.0 Å². The lowest BCUT2D eigenvalue weighted by atomic mass is 9.79. The van der Waals surface area contributed by atoms with Gasteiger partial charge in [-0.3, -0.25) is 4.68 Å². The van der Waals surface area contributed by atoms with Gasteiger partial charge in [-0.25, -0.2) is 0 Å². The molecule has 1 saturated heterocycles. The van der Waals surface area contributed by atoms with E-state index in [4.69, 9.17) is 0 Å². The number of hydrogen-bond donors (Lipinski definition) is 2. The number of rotatable bonds is 3. The number of piperidine rings is 1. The van der Waals surface area contributed by atoms with Crippen molar-refractivity contribution in [2.45, 2.75) is 50.0 Å². The Morgan fingerprint density at radius 3 is 2.76 bits per heavy atom. The predicted octanol–water partition coefficient (Wildman–Crippen LogP) is 2.62. The average molecular weight is 354 g/mol. The standard InChI is InChI=1S/C17H21F3N4O/c1-11-7-16(25,9-14(21-11)15-10-24(2)23-22-15)8-12-4-3-5-13(6-12)17(18,19)20/h3-6,10-11,14,21,25H,7-9H2,1-2H3/t11-,14-,16+/m0/s1. The number of alkyl halides is 3. The predicted molar refractivity (Wildman–Crippen MR) is 85.7 cm³/mol. The molecule has 5 nitrogen and oxygen atoms in total. The van der Waals surface area contributed by atoms with Crippen molar-refractivity contribution in [3.63, 3.8) is 0 Å². The van der Waals surface area contributed by atoms with Gasteiger partial charge >= 0.3 is 6.18 Å². The minimum Gasteiger partial charge on any atom is -0.389 e. The zero-order valence-electron chi connectivity index (χ0n) is 14.1. The second kappa shape index (κ2) is 6.42. The lowest BCUT2D eigenvalue weighted by molar-refractivity contribution is -0.137. The number of aromatic nitrogens is 3. The van der Waals surface area contributed by atoms with Crippen molar-refractivity contribution in [3.05, 3.63) is 47.3 Å². The van der Waals surface area contributed by atoms with Gasteiger partial charge in [-0.2, -0.15) is 13.2 Å². The molecule has 0 spiro atoms. The number of aliphatic hydroxyl groups is 1. The fraction of sp³-hybridized carbons (Fsp3) is 0.529. The smallest absolute Gasteiger partial charge is 0.389 e. The average Bonchev–Trinajstić information content (AvgIpc) is 2.92. The van der Waals surface area contributed by atoms with E-state index >= 15 is 0 Å². The fourth-order valence-electron chi connectivity index (χ4n) is 3.59. The SMILES string of the molecule is C[C@H]1C[C@@](O)(Cc2cccc(C(F)(F)F)c2)C[C@@H](c2cn(C)nn2)N1. The van der Waals surface area contributed by atoms with E-state index in [1.807, 2.05) is 6.92 Å². The quantitative estimate of drug-likeness (QED) is 0.890. The molecule has 1 aromatic heterocycles. The maximum Gasteiger partial charge on any atom is 0.416 e. The summed E-state index contributed by atoms with van der Waals surface area (Å²) < 4.78 is 40.3. The molecule has 0 bridgehead atoms. The zero-order chi connectivity index (χ0) is 18.2. The van der Waals surface area contributed by atoms with Gasteiger partial charge in [-0.05, 0) is 31.4 Å². The van der Waals surface area contributed by atoms with E-state index in [0.29, 0.717) is 18.4 Å². The molecule has 0 radical (unpaired) electrons. The molecule has 0 amide bonds. The van der Waals surface area contributed by atoms with Gasteiger partial charge in [-0.1, -0.05) is 23.4 Å². The number of nitrogens with one attached hydrogen (secondary N) is 1. The minimum absolute atomic E-state index is 0.0107. The first-order valence-corrected chi connectivity index (χ1v) is 8.15. The van der Waals surface area contributed by atoms with Gasteiger partial charge in [0.2, 0.25) is 0 Å². The fourth-order valence-corrected chi connectivity index (χ4v) is 3.59. The van der Waals surface area contributed by atoms with Crippen molar-refractivity contribution in [2.24, 2.45) is 7.05 Å². The molecule has 0 saturated carbocycles. The van der Waals surface area contributed by atoms with E-state index in [0.717, 1.165) is 17.8 Å². The van der Waals surface area contributed by atoms with Crippen LogP contribution in [0.1, 0.15) is 42.6 Å². The number of nitrogens with zero attached hydrogens (tertiary/aromatic N) is 3. The van der Waals surface area contributed by atoms with Crippen molar-refractivity contribution in [1.82, 2.24) is 20.3 Å². The molecule has 1 fully saturated rings. The Hall–Kier alpha value is -1.93. The number of halogens is 3. The van der Waals surface area contributed by atoms with Crippen LogP contribution in [0.2, 0.25) is 0 Å². The highest BCUT2D eigenvalue weighted by Crippen LogP contribution is 2.36. The maximum absolute atomic E-state index is 12.9. The molecule has 8 heteroatoms. The van der Waals surface area contributed by atoms with Gasteiger partial charge in [0.1, 0.15) is 0 Å². The van der Waals surface area contributed by atoms with Crippen LogP contribution in [0.15, 0.2) is 30.5 Å². The van der Waals surface area contributed by atoms with Crippen LogP contribution in [0, 0.1) is 0 Å². The largest absolute Gasteiger partial charge is 0.416 e. The molecule has 0 aliphatic carbocycles. The van der Waals surface area contributed by atoms with Crippen LogP contribution in [0.3, 0.4) is 0 Å². The van der Waals surface area contributed by atoms with Crippen LogP contribution in [0.5, 0.6) is 0 Å². The molecule has 1 aromatic carbocycles. The third kappa shape index (κ3) is 4.19. The van der Waals surface area contributed by atoms with Gasteiger partial charge in [0.05, 0.1) is 22.9 Å². The van der Waals surface area contributed by atoms with Gasteiger partial charge in [0.25, 0.3) is 0 Å². The molecule has 3 atom stereocenters. The van der Waals surface area contributed by atoms with Crippen LogP contribution in [0.4, 0.5) is 13.2 Å². The van der Waals surface area contributed by atoms with Gasteiger partial charge < -0.3 is 10.4 Å². The third-order valence-corrected chi connectivity index (χ3v) is 4.52. The van der Waals surface area contributed by atoms with Gasteiger partial charge in [-0.15, -0.1) is 5.10 Å². The highest BCUT2D eigenvalue weighted by atomic mass is 19.4. The summed E-state index contributed by atoms with van der Waals surface area (Å²) in [5.41, 5.74) is -0.598. The number of benzene rings is 1. The van der Waals surface area contributed by atoms with E-state index in [-0.39, 0.29) is 18.5 Å².